The highest BCUT2D eigenvalue weighted by atomic mass is 16.7. The van der Waals surface area contributed by atoms with Gasteiger partial charge in [0.1, 0.15) is 19.3 Å². The SMILES string of the molecule is CC(CC(=O)N1CCN(C(=O)OCc2ccccc2)CC1)NC(=O)CC=Cc1ccc(C#Cc2cccc3[nH]nc(O[C@@H]4O[C@H](COC(=O)C(C)(C)C)[C@@H](OC(=O)C(C)(C)C)[C@H](OC(=O)C(C)(C)C)[C@H]4OC(=O)C(C)(C)C)c23)cc1. The Kier molecular flexibility index (Phi) is 20.0. The fraction of sp³-hybridized carbons (Fsp3) is 0.508. The number of fused-ring (bicyclic) bond motifs is 1. The number of carbonyl (C=O) groups is 7. The molecule has 19 nitrogen and oxygen atoms in total. The predicted octanol–water partition coefficient (Wildman–Crippen LogP) is 8.31. The summed E-state index contributed by atoms with van der Waals surface area (Å²) >= 11 is 0. The second kappa shape index (κ2) is 26.0. The molecular formula is C61H77N5O14. The summed E-state index contributed by atoms with van der Waals surface area (Å²) in [5.74, 6) is 3.35. The van der Waals surface area contributed by atoms with Crippen molar-refractivity contribution >= 4 is 58.8 Å². The number of nitrogens with zero attached hydrogens (tertiary/aromatic N) is 3. The number of nitrogens with one attached hydrogen (secondary N) is 2. The highest BCUT2D eigenvalue weighted by Crippen LogP contribution is 2.37. The fourth-order valence-corrected chi connectivity index (χ4v) is 7.97. The summed E-state index contributed by atoms with van der Waals surface area (Å²) in [6.07, 6.45) is -4.09. The zero-order valence-corrected chi connectivity index (χ0v) is 48.3. The molecule has 1 unspecified atom stereocenters. The number of aromatic nitrogens is 2. The molecule has 0 bridgehead atoms. The van der Waals surface area contributed by atoms with E-state index in [0.717, 1.165) is 11.1 Å². The van der Waals surface area contributed by atoms with E-state index in [9.17, 15) is 33.6 Å². The van der Waals surface area contributed by atoms with Crippen LogP contribution in [0, 0.1) is 33.5 Å². The van der Waals surface area contributed by atoms with Gasteiger partial charge in [0.2, 0.25) is 30.1 Å². The average molecular weight is 1100 g/mol. The maximum atomic E-state index is 13.8. The van der Waals surface area contributed by atoms with Gasteiger partial charge in [0, 0.05) is 56.2 Å². The summed E-state index contributed by atoms with van der Waals surface area (Å²) in [4.78, 5) is 96.3. The number of amides is 3. The van der Waals surface area contributed by atoms with Crippen molar-refractivity contribution in [3.63, 3.8) is 0 Å². The van der Waals surface area contributed by atoms with Crippen LogP contribution in [0.2, 0.25) is 0 Å². The Morgan fingerprint density at radius 1 is 0.688 bits per heavy atom. The summed E-state index contributed by atoms with van der Waals surface area (Å²) in [6, 6.07) is 21.7. The van der Waals surface area contributed by atoms with Gasteiger partial charge in [0.05, 0.1) is 32.6 Å². The molecule has 0 aliphatic carbocycles. The molecule has 6 atom stereocenters. The number of esters is 4. The second-order valence-electron chi connectivity index (χ2n) is 24.2. The molecule has 2 aliphatic rings. The van der Waals surface area contributed by atoms with Gasteiger partial charge >= 0.3 is 30.0 Å². The van der Waals surface area contributed by atoms with Crippen LogP contribution in [-0.4, -0.2) is 131 Å². The highest BCUT2D eigenvalue weighted by Gasteiger charge is 2.56. The third kappa shape index (κ3) is 17.1. The monoisotopic (exact) mass is 1100 g/mol. The number of aromatic amines is 1. The van der Waals surface area contributed by atoms with E-state index in [4.69, 9.17) is 33.2 Å². The van der Waals surface area contributed by atoms with Crippen molar-refractivity contribution in [2.24, 2.45) is 21.7 Å². The van der Waals surface area contributed by atoms with Crippen molar-refractivity contribution in [2.45, 2.75) is 146 Å². The lowest BCUT2D eigenvalue weighted by Crippen LogP contribution is -2.65. The van der Waals surface area contributed by atoms with Crippen molar-refractivity contribution < 1.29 is 66.7 Å². The lowest BCUT2D eigenvalue weighted by molar-refractivity contribution is -0.294. The van der Waals surface area contributed by atoms with Crippen LogP contribution in [0.5, 0.6) is 5.88 Å². The molecule has 2 fully saturated rings. The third-order valence-electron chi connectivity index (χ3n) is 12.8. The van der Waals surface area contributed by atoms with Gasteiger partial charge < -0.3 is 48.3 Å². The largest absolute Gasteiger partial charge is 0.462 e. The number of hydrogen-bond acceptors (Lipinski definition) is 15. The molecule has 0 radical (unpaired) electrons. The molecule has 2 aliphatic heterocycles. The lowest BCUT2D eigenvalue weighted by atomic mass is 9.93. The van der Waals surface area contributed by atoms with E-state index < -0.39 is 95.0 Å². The summed E-state index contributed by atoms with van der Waals surface area (Å²) < 4.78 is 42.7. The topological polar surface area (TPSA) is 231 Å². The first-order valence-electron chi connectivity index (χ1n) is 26.9. The molecule has 80 heavy (non-hydrogen) atoms. The van der Waals surface area contributed by atoms with E-state index in [1.54, 1.807) is 124 Å². The molecular weight excluding hydrogens is 1030 g/mol. The number of ether oxygens (including phenoxy) is 7. The minimum absolute atomic E-state index is 0.0114. The zero-order valence-electron chi connectivity index (χ0n) is 48.3. The molecule has 0 saturated carbocycles. The van der Waals surface area contributed by atoms with Crippen molar-refractivity contribution in [2.75, 3.05) is 32.8 Å². The van der Waals surface area contributed by atoms with Gasteiger partial charge in [-0.3, -0.25) is 33.9 Å². The Bertz CT molecular complexity index is 2940. The molecule has 4 aromatic rings. The highest BCUT2D eigenvalue weighted by molar-refractivity contribution is 5.90. The summed E-state index contributed by atoms with van der Waals surface area (Å²) in [5.41, 5.74) is -0.689. The molecule has 0 spiro atoms. The van der Waals surface area contributed by atoms with Crippen LogP contribution in [0.25, 0.3) is 17.0 Å². The van der Waals surface area contributed by atoms with Crippen LogP contribution in [0.15, 0.2) is 78.9 Å². The van der Waals surface area contributed by atoms with E-state index in [-0.39, 0.29) is 37.1 Å². The van der Waals surface area contributed by atoms with Gasteiger partial charge in [-0.1, -0.05) is 72.5 Å². The van der Waals surface area contributed by atoms with Crippen LogP contribution in [-0.2, 0) is 63.8 Å². The first kappa shape index (κ1) is 61.5. The first-order valence-corrected chi connectivity index (χ1v) is 26.9. The van der Waals surface area contributed by atoms with Gasteiger partial charge in [-0.2, -0.15) is 0 Å². The maximum Gasteiger partial charge on any atom is 0.410 e. The van der Waals surface area contributed by atoms with Gasteiger partial charge in [-0.25, -0.2) is 4.79 Å². The Labute approximate surface area is 468 Å². The van der Waals surface area contributed by atoms with Crippen molar-refractivity contribution in [3.8, 4) is 17.7 Å². The molecule has 6 rings (SSSR count). The molecule has 3 aromatic carbocycles. The summed E-state index contributed by atoms with van der Waals surface area (Å²) in [6.45, 7) is 22.8. The fourth-order valence-electron chi connectivity index (χ4n) is 7.97. The van der Waals surface area contributed by atoms with Crippen molar-refractivity contribution in [1.29, 1.82) is 0 Å². The minimum atomic E-state index is -1.59. The standard InChI is InChI=1S/C61H77N5O14/c1-38(35-46(68)65-31-33-66(34-32-65)57(73)75-36-41-19-15-14-16-20-41)62-45(67)24-17-21-39-25-27-40(28-26-39)29-30-42-22-18-23-43-47(42)51(64-63-43)80-52-50(79-56(72)61(11,12)13)49(78-55(71)60(8,9)10)48(77-54(70)59(5,6)7)44(76-52)37-74-53(69)58(2,3)4/h14-23,25-28,38,44,48-50,52H,24,31-37H2,1-13H3,(H,62,67)(H,63,64)/t38?,44-,48-,49+,50-,52+/m1/s1. The second-order valence-corrected chi connectivity index (χ2v) is 24.2. The van der Waals surface area contributed by atoms with Crippen LogP contribution < -0.4 is 10.1 Å². The van der Waals surface area contributed by atoms with Crippen LogP contribution >= 0.6 is 0 Å². The Hall–Kier alpha value is -7.72. The van der Waals surface area contributed by atoms with Crippen LogP contribution in [0.3, 0.4) is 0 Å². The van der Waals surface area contributed by atoms with E-state index in [1.807, 2.05) is 60.7 Å². The molecule has 1 aromatic heterocycles. The van der Waals surface area contributed by atoms with Crippen LogP contribution in [0.4, 0.5) is 4.79 Å². The van der Waals surface area contributed by atoms with E-state index >= 15 is 0 Å². The van der Waals surface area contributed by atoms with Crippen LogP contribution in [0.1, 0.15) is 125 Å². The Balaban J connectivity index is 1.14. The summed E-state index contributed by atoms with van der Waals surface area (Å²) in [7, 11) is 0. The minimum Gasteiger partial charge on any atom is -0.462 e. The van der Waals surface area contributed by atoms with Crippen molar-refractivity contribution in [3.05, 3.63) is 101 Å². The number of H-pyrrole nitrogens is 1. The number of rotatable bonds is 15. The first-order chi connectivity index (χ1) is 37.5. The number of piperazine rings is 1. The van der Waals surface area contributed by atoms with Gasteiger partial charge in [0.15, 0.2) is 12.2 Å². The molecule has 19 heteroatoms. The number of carbonyl (C=O) groups excluding carboxylic acids is 7. The van der Waals surface area contributed by atoms with E-state index in [0.29, 0.717) is 48.2 Å². The molecule has 2 N–H and O–H groups in total. The average Bonchev–Trinajstić information content (AvgIpc) is 3.80. The summed E-state index contributed by atoms with van der Waals surface area (Å²) in [5, 5.41) is 10.8. The number of hydrogen-bond donors (Lipinski definition) is 2. The lowest BCUT2D eigenvalue weighted by Gasteiger charge is -2.45. The van der Waals surface area contributed by atoms with Gasteiger partial charge in [-0.15, -0.1) is 5.10 Å². The Morgan fingerprint density at radius 2 is 1.26 bits per heavy atom. The molecule has 3 heterocycles. The Morgan fingerprint density at radius 3 is 1.86 bits per heavy atom. The molecule has 2 saturated heterocycles. The third-order valence-corrected chi connectivity index (χ3v) is 12.8. The normalized spacial score (nSPS) is 19.2. The van der Waals surface area contributed by atoms with E-state index in [2.05, 4.69) is 27.4 Å². The predicted molar refractivity (Wildman–Crippen MR) is 297 cm³/mol. The van der Waals surface area contributed by atoms with Gasteiger partial charge in [-0.05, 0) is 125 Å². The quantitative estimate of drug-likeness (QED) is 0.0648. The molecule has 3 amide bonds. The molecule has 430 valence electrons. The number of benzene rings is 3. The zero-order chi connectivity index (χ0) is 58.7. The smallest absolute Gasteiger partial charge is 0.410 e. The van der Waals surface area contributed by atoms with Crippen molar-refractivity contribution in [1.82, 2.24) is 25.3 Å². The van der Waals surface area contributed by atoms with Gasteiger partial charge in [0.25, 0.3) is 0 Å². The maximum absolute atomic E-state index is 13.8. The van der Waals surface area contributed by atoms with E-state index in [1.165, 1.54) is 0 Å².